The Morgan fingerprint density at radius 3 is 2.62 bits per heavy atom. The van der Waals surface area contributed by atoms with Gasteiger partial charge in [0, 0.05) is 37.3 Å². The maximum Gasteiger partial charge on any atom is 0.416 e. The van der Waals surface area contributed by atoms with Crippen LogP contribution in [0.2, 0.25) is 0 Å². The number of nitrogens with one attached hydrogen (secondary N) is 1. The van der Waals surface area contributed by atoms with Gasteiger partial charge in [0.1, 0.15) is 0 Å². The summed E-state index contributed by atoms with van der Waals surface area (Å²) < 4.78 is 38.0. The minimum atomic E-state index is -4.32. The minimum absolute atomic E-state index is 0.00378. The quantitative estimate of drug-likeness (QED) is 0.713. The Morgan fingerprint density at radius 2 is 1.86 bits per heavy atom. The second-order valence-electron chi connectivity index (χ2n) is 7.27. The fourth-order valence-corrected chi connectivity index (χ4v) is 3.70. The molecule has 0 bridgehead atoms. The molecule has 1 atom stereocenters. The van der Waals surface area contributed by atoms with E-state index in [-0.39, 0.29) is 11.9 Å². The monoisotopic (exact) mass is 399 g/mol. The van der Waals surface area contributed by atoms with Crippen molar-refractivity contribution in [2.45, 2.75) is 25.2 Å². The Balaban J connectivity index is 1.37. The number of halogens is 3. The molecule has 1 fully saturated rings. The molecule has 0 spiro atoms. The number of rotatable bonds is 4. The van der Waals surface area contributed by atoms with E-state index >= 15 is 0 Å². The summed E-state index contributed by atoms with van der Waals surface area (Å²) in [7, 11) is 0. The standard InChI is InChI=1S/C22H20F3N3O/c23-22(24,25)17-8-6-15(7-9-17)13-28-12-10-18(14-28)27-21(29)19-5-1-3-16-4-2-11-26-20(16)19/h1-9,11,18H,10,12-14H2,(H,27,29). The van der Waals surface area contributed by atoms with Crippen molar-refractivity contribution in [2.75, 3.05) is 13.1 Å². The largest absolute Gasteiger partial charge is 0.416 e. The highest BCUT2D eigenvalue weighted by atomic mass is 19.4. The molecule has 4 rings (SSSR count). The molecule has 1 amide bonds. The first-order chi connectivity index (χ1) is 13.9. The van der Waals surface area contributed by atoms with Crippen LogP contribution >= 0.6 is 0 Å². The number of fused-ring (bicyclic) bond motifs is 1. The van der Waals surface area contributed by atoms with E-state index in [0.29, 0.717) is 24.2 Å². The van der Waals surface area contributed by atoms with Crippen LogP contribution in [0.3, 0.4) is 0 Å². The van der Waals surface area contributed by atoms with Gasteiger partial charge in [0.05, 0.1) is 16.6 Å². The summed E-state index contributed by atoms with van der Waals surface area (Å²) in [4.78, 5) is 19.2. The van der Waals surface area contributed by atoms with Crippen LogP contribution in [0.25, 0.3) is 10.9 Å². The topological polar surface area (TPSA) is 45.2 Å². The van der Waals surface area contributed by atoms with E-state index in [9.17, 15) is 18.0 Å². The second kappa shape index (κ2) is 7.83. The SMILES string of the molecule is O=C(NC1CCN(Cc2ccc(C(F)(F)F)cc2)C1)c1cccc2cccnc12. The van der Waals surface area contributed by atoms with Gasteiger partial charge in [0.2, 0.25) is 0 Å². The van der Waals surface area contributed by atoms with Crippen molar-refractivity contribution in [3.8, 4) is 0 Å². The van der Waals surface area contributed by atoms with Crippen molar-refractivity contribution in [1.29, 1.82) is 0 Å². The first-order valence-electron chi connectivity index (χ1n) is 9.43. The summed E-state index contributed by atoms with van der Waals surface area (Å²) in [6, 6.07) is 14.5. The van der Waals surface area contributed by atoms with Gasteiger partial charge < -0.3 is 5.32 Å². The summed E-state index contributed by atoms with van der Waals surface area (Å²) in [5.74, 6) is -0.157. The van der Waals surface area contributed by atoms with Crippen molar-refractivity contribution in [2.24, 2.45) is 0 Å². The van der Waals surface area contributed by atoms with Gasteiger partial charge in [0.25, 0.3) is 5.91 Å². The number of nitrogens with zero attached hydrogens (tertiary/aromatic N) is 2. The van der Waals surface area contributed by atoms with Crippen molar-refractivity contribution < 1.29 is 18.0 Å². The first-order valence-corrected chi connectivity index (χ1v) is 9.43. The summed E-state index contributed by atoms with van der Waals surface area (Å²) >= 11 is 0. The zero-order valence-electron chi connectivity index (χ0n) is 15.6. The van der Waals surface area contributed by atoms with Crippen LogP contribution in [0.15, 0.2) is 60.8 Å². The van der Waals surface area contributed by atoms with Gasteiger partial charge in [-0.05, 0) is 36.2 Å². The van der Waals surface area contributed by atoms with E-state index in [4.69, 9.17) is 0 Å². The van der Waals surface area contributed by atoms with E-state index in [0.717, 1.165) is 36.0 Å². The number of para-hydroxylation sites is 1. The minimum Gasteiger partial charge on any atom is -0.348 e. The van der Waals surface area contributed by atoms with Crippen LogP contribution in [0.5, 0.6) is 0 Å². The van der Waals surface area contributed by atoms with Gasteiger partial charge >= 0.3 is 6.18 Å². The molecule has 1 saturated heterocycles. The number of carbonyl (C=O) groups excluding carboxylic acids is 1. The van der Waals surface area contributed by atoms with Crippen LogP contribution in [0.1, 0.15) is 27.9 Å². The van der Waals surface area contributed by atoms with Gasteiger partial charge in [-0.25, -0.2) is 0 Å². The summed E-state index contributed by atoms with van der Waals surface area (Å²) in [5.41, 5.74) is 1.40. The summed E-state index contributed by atoms with van der Waals surface area (Å²) in [6.45, 7) is 1.99. The molecule has 1 aliphatic rings. The van der Waals surface area contributed by atoms with E-state index in [1.165, 1.54) is 12.1 Å². The lowest BCUT2D eigenvalue weighted by Crippen LogP contribution is -2.37. The normalized spacial score (nSPS) is 17.6. The molecule has 0 saturated carbocycles. The van der Waals surface area contributed by atoms with Crippen molar-refractivity contribution >= 4 is 16.8 Å². The average Bonchev–Trinajstić information content (AvgIpc) is 3.14. The van der Waals surface area contributed by atoms with Crippen molar-refractivity contribution in [1.82, 2.24) is 15.2 Å². The number of carbonyl (C=O) groups is 1. The number of aromatic nitrogens is 1. The summed E-state index contributed by atoms with van der Waals surface area (Å²) in [6.07, 6.45) is -1.86. The van der Waals surface area contributed by atoms with Gasteiger partial charge in [0.15, 0.2) is 0 Å². The number of amides is 1. The molecule has 1 N–H and O–H groups in total. The zero-order valence-corrected chi connectivity index (χ0v) is 15.6. The smallest absolute Gasteiger partial charge is 0.348 e. The molecule has 0 radical (unpaired) electrons. The van der Waals surface area contributed by atoms with E-state index in [1.807, 2.05) is 24.3 Å². The molecule has 7 heteroatoms. The molecule has 29 heavy (non-hydrogen) atoms. The fourth-order valence-electron chi connectivity index (χ4n) is 3.70. The molecule has 2 heterocycles. The highest BCUT2D eigenvalue weighted by molar-refractivity contribution is 6.05. The second-order valence-corrected chi connectivity index (χ2v) is 7.27. The van der Waals surface area contributed by atoms with Crippen LogP contribution in [0.4, 0.5) is 13.2 Å². The Morgan fingerprint density at radius 1 is 1.10 bits per heavy atom. The zero-order chi connectivity index (χ0) is 20.4. The van der Waals surface area contributed by atoms with E-state index in [1.54, 1.807) is 12.3 Å². The summed E-state index contributed by atoms with van der Waals surface area (Å²) in [5, 5.41) is 3.98. The Hall–Kier alpha value is -2.93. The van der Waals surface area contributed by atoms with Gasteiger partial charge in [-0.15, -0.1) is 0 Å². The van der Waals surface area contributed by atoms with Gasteiger partial charge in [-0.3, -0.25) is 14.7 Å². The molecular weight excluding hydrogens is 379 g/mol. The third-order valence-electron chi connectivity index (χ3n) is 5.17. The highest BCUT2D eigenvalue weighted by Crippen LogP contribution is 2.29. The maximum atomic E-state index is 12.7. The third kappa shape index (κ3) is 4.40. The lowest BCUT2D eigenvalue weighted by molar-refractivity contribution is -0.137. The van der Waals surface area contributed by atoms with E-state index < -0.39 is 11.7 Å². The third-order valence-corrected chi connectivity index (χ3v) is 5.17. The van der Waals surface area contributed by atoms with Crippen LogP contribution in [-0.2, 0) is 12.7 Å². The molecule has 150 valence electrons. The van der Waals surface area contributed by atoms with Gasteiger partial charge in [-0.1, -0.05) is 30.3 Å². The number of hydrogen-bond donors (Lipinski definition) is 1. The molecule has 4 nitrogen and oxygen atoms in total. The molecule has 1 unspecified atom stereocenters. The van der Waals surface area contributed by atoms with Crippen LogP contribution in [0, 0.1) is 0 Å². The molecule has 1 aromatic heterocycles. The molecule has 3 aromatic rings. The Kier molecular flexibility index (Phi) is 5.24. The van der Waals surface area contributed by atoms with Gasteiger partial charge in [-0.2, -0.15) is 13.2 Å². The fraction of sp³-hybridized carbons (Fsp3) is 0.273. The maximum absolute atomic E-state index is 12.7. The lowest BCUT2D eigenvalue weighted by Gasteiger charge is -2.17. The lowest BCUT2D eigenvalue weighted by atomic mass is 10.1. The van der Waals surface area contributed by atoms with Crippen molar-refractivity contribution in [3.05, 3.63) is 77.5 Å². The number of likely N-dealkylation sites (tertiary alicyclic amines) is 1. The van der Waals surface area contributed by atoms with Crippen LogP contribution in [-0.4, -0.2) is 34.9 Å². The molecular formula is C22H20F3N3O. The molecule has 1 aliphatic heterocycles. The Labute approximate surface area is 166 Å². The average molecular weight is 399 g/mol. The van der Waals surface area contributed by atoms with E-state index in [2.05, 4.69) is 15.2 Å². The first kappa shape index (κ1) is 19.4. The van der Waals surface area contributed by atoms with Crippen molar-refractivity contribution in [3.63, 3.8) is 0 Å². The number of pyridine rings is 1. The predicted molar refractivity (Wildman–Crippen MR) is 104 cm³/mol. The Bertz CT molecular complexity index is 1010. The molecule has 0 aliphatic carbocycles. The van der Waals surface area contributed by atoms with Crippen LogP contribution < -0.4 is 5.32 Å². The number of alkyl halides is 3. The highest BCUT2D eigenvalue weighted by Gasteiger charge is 2.30. The number of hydrogen-bond acceptors (Lipinski definition) is 3. The number of benzene rings is 2. The predicted octanol–water partition coefficient (Wildman–Crippen LogP) is 4.26. The molecule has 2 aromatic carbocycles.